The van der Waals surface area contributed by atoms with Crippen LogP contribution in [0.2, 0.25) is 0 Å². The highest BCUT2D eigenvalue weighted by Crippen LogP contribution is 2.37. The second-order valence-electron chi connectivity index (χ2n) is 8.24. The van der Waals surface area contributed by atoms with Gasteiger partial charge in [-0.3, -0.25) is 4.72 Å². The highest BCUT2D eigenvalue weighted by molar-refractivity contribution is 7.94. The highest BCUT2D eigenvalue weighted by atomic mass is 35.5. The van der Waals surface area contributed by atoms with E-state index in [9.17, 15) is 16.8 Å². The minimum atomic E-state index is -4.15. The zero-order valence-electron chi connectivity index (χ0n) is 19.2. The van der Waals surface area contributed by atoms with Crippen LogP contribution >= 0.6 is 11.8 Å². The first kappa shape index (κ1) is 25.3. The van der Waals surface area contributed by atoms with Crippen LogP contribution in [-0.2, 0) is 20.0 Å². The minimum Gasteiger partial charge on any atom is -0.370 e. The predicted molar refractivity (Wildman–Crippen MR) is 140 cm³/mol. The molecule has 0 unspecified atom stereocenters. The monoisotopic (exact) mass is 534 g/mol. The fraction of sp³-hybridized carbons (Fsp3) is 0.250. The fourth-order valence-electron chi connectivity index (χ4n) is 3.80. The molecule has 35 heavy (non-hydrogen) atoms. The molecule has 3 aromatic carbocycles. The lowest BCUT2D eigenvalue weighted by molar-refractivity contribution is 0.596. The van der Waals surface area contributed by atoms with E-state index in [2.05, 4.69) is 14.9 Å². The maximum atomic E-state index is 13.3. The molecular formula is C24H27ClN4O4S2. The molecule has 4 rings (SSSR count). The van der Waals surface area contributed by atoms with Crippen molar-refractivity contribution < 1.29 is 16.8 Å². The molecule has 0 spiro atoms. The topological polar surface area (TPSA) is 98.8 Å². The largest absolute Gasteiger partial charge is 0.370 e. The Bertz CT molecular complexity index is 1370. The van der Waals surface area contributed by atoms with Gasteiger partial charge in [0.2, 0.25) is 0 Å². The smallest absolute Gasteiger partial charge is 0.278 e. The molecule has 0 radical (unpaired) electrons. The van der Waals surface area contributed by atoms with Gasteiger partial charge in [0.1, 0.15) is 0 Å². The summed E-state index contributed by atoms with van der Waals surface area (Å²) in [5, 5.41) is 3.33. The second-order valence-corrected chi connectivity index (χ2v) is 12.3. The van der Waals surface area contributed by atoms with E-state index in [4.69, 9.17) is 11.8 Å². The van der Waals surface area contributed by atoms with E-state index < -0.39 is 20.0 Å². The number of halogens is 1. The second kappa shape index (κ2) is 10.4. The maximum Gasteiger partial charge on any atom is 0.278 e. The molecule has 186 valence electrons. The van der Waals surface area contributed by atoms with Crippen LogP contribution in [0.5, 0.6) is 0 Å². The molecular weight excluding hydrogens is 508 g/mol. The van der Waals surface area contributed by atoms with E-state index in [-0.39, 0.29) is 21.2 Å². The van der Waals surface area contributed by atoms with E-state index in [1.807, 2.05) is 6.92 Å². The molecule has 8 nitrogen and oxygen atoms in total. The van der Waals surface area contributed by atoms with Crippen molar-refractivity contribution in [2.75, 3.05) is 39.6 Å². The molecule has 0 aliphatic carbocycles. The van der Waals surface area contributed by atoms with Gasteiger partial charge >= 0.3 is 0 Å². The number of nitrogens with zero attached hydrogens (tertiary/aromatic N) is 2. The SMILES string of the molecule is Cc1ccc(S(=O)(=O)N(Cl)c2ccc(N3CCCNCC3)cc2NS(=O)(=O)c2ccccc2)cc1. The summed E-state index contributed by atoms with van der Waals surface area (Å²) in [6.45, 7) is 5.05. The van der Waals surface area contributed by atoms with E-state index in [1.165, 1.54) is 30.3 Å². The molecule has 2 N–H and O–H groups in total. The van der Waals surface area contributed by atoms with Gasteiger partial charge in [-0.2, -0.15) is 12.2 Å². The molecule has 0 atom stereocenters. The lowest BCUT2D eigenvalue weighted by Gasteiger charge is -2.26. The lowest BCUT2D eigenvalue weighted by Crippen LogP contribution is -2.28. The van der Waals surface area contributed by atoms with Crippen LogP contribution in [0.25, 0.3) is 0 Å². The van der Waals surface area contributed by atoms with E-state index in [0.29, 0.717) is 3.82 Å². The zero-order valence-corrected chi connectivity index (χ0v) is 21.6. The molecule has 0 saturated carbocycles. The summed E-state index contributed by atoms with van der Waals surface area (Å²) in [4.78, 5) is 2.17. The van der Waals surface area contributed by atoms with Crippen LogP contribution in [0.3, 0.4) is 0 Å². The number of benzene rings is 3. The van der Waals surface area contributed by atoms with Crippen molar-refractivity contribution >= 4 is 48.9 Å². The van der Waals surface area contributed by atoms with Crippen molar-refractivity contribution in [1.29, 1.82) is 0 Å². The van der Waals surface area contributed by atoms with Gasteiger partial charge in [-0.15, -0.1) is 0 Å². The van der Waals surface area contributed by atoms with Gasteiger partial charge in [0.25, 0.3) is 20.0 Å². The lowest BCUT2D eigenvalue weighted by atomic mass is 10.2. The molecule has 0 bridgehead atoms. The number of aryl methyl sites for hydroxylation is 1. The molecule has 1 heterocycles. The number of anilines is 3. The van der Waals surface area contributed by atoms with Crippen molar-refractivity contribution in [3.63, 3.8) is 0 Å². The summed E-state index contributed by atoms with van der Waals surface area (Å²) >= 11 is 6.40. The van der Waals surface area contributed by atoms with Crippen molar-refractivity contribution in [3.05, 3.63) is 78.4 Å². The van der Waals surface area contributed by atoms with Gasteiger partial charge in [0, 0.05) is 37.1 Å². The minimum absolute atomic E-state index is 0.00219. The Labute approximate surface area is 211 Å². The summed E-state index contributed by atoms with van der Waals surface area (Å²) in [7, 11) is -8.16. The third-order valence-corrected chi connectivity index (χ3v) is 9.30. The van der Waals surface area contributed by atoms with Gasteiger partial charge in [0.05, 0.1) is 21.2 Å². The zero-order chi connectivity index (χ0) is 25.1. The Morgan fingerprint density at radius 3 is 2.31 bits per heavy atom. The van der Waals surface area contributed by atoms with E-state index in [1.54, 1.807) is 42.5 Å². The van der Waals surface area contributed by atoms with Crippen LogP contribution in [-0.4, -0.2) is 43.0 Å². The summed E-state index contributed by atoms with van der Waals surface area (Å²) in [5.74, 6) is 0. The van der Waals surface area contributed by atoms with Crippen LogP contribution in [0.15, 0.2) is 82.6 Å². The van der Waals surface area contributed by atoms with Gasteiger partial charge < -0.3 is 10.2 Å². The summed E-state index contributed by atoms with van der Waals surface area (Å²) in [5.41, 5.74) is 1.73. The fourth-order valence-corrected chi connectivity index (χ4v) is 6.35. The third kappa shape index (κ3) is 5.72. The van der Waals surface area contributed by atoms with Crippen molar-refractivity contribution in [2.24, 2.45) is 0 Å². The van der Waals surface area contributed by atoms with E-state index in [0.717, 1.165) is 43.9 Å². The van der Waals surface area contributed by atoms with Gasteiger partial charge in [0.15, 0.2) is 0 Å². The molecule has 1 fully saturated rings. The van der Waals surface area contributed by atoms with Crippen LogP contribution in [0, 0.1) is 6.92 Å². The van der Waals surface area contributed by atoms with Crippen molar-refractivity contribution in [1.82, 2.24) is 5.32 Å². The molecule has 1 saturated heterocycles. The average Bonchev–Trinajstić information content (AvgIpc) is 3.14. The first-order valence-electron chi connectivity index (χ1n) is 11.1. The number of hydrogen-bond acceptors (Lipinski definition) is 6. The van der Waals surface area contributed by atoms with Crippen LogP contribution in [0.4, 0.5) is 17.1 Å². The molecule has 0 amide bonds. The van der Waals surface area contributed by atoms with Crippen LogP contribution in [0.1, 0.15) is 12.0 Å². The Morgan fingerprint density at radius 2 is 1.60 bits per heavy atom. The summed E-state index contributed by atoms with van der Waals surface area (Å²) < 4.78 is 55.9. The average molecular weight is 535 g/mol. The first-order chi connectivity index (χ1) is 16.7. The Morgan fingerprint density at radius 1 is 0.886 bits per heavy atom. The highest BCUT2D eigenvalue weighted by Gasteiger charge is 2.28. The number of nitrogens with one attached hydrogen (secondary N) is 2. The quantitative estimate of drug-likeness (QED) is 0.445. The Kier molecular flexibility index (Phi) is 7.56. The molecule has 11 heteroatoms. The Hall–Kier alpha value is -2.79. The van der Waals surface area contributed by atoms with Crippen LogP contribution < -0.4 is 18.8 Å². The van der Waals surface area contributed by atoms with Crippen molar-refractivity contribution in [2.45, 2.75) is 23.1 Å². The van der Waals surface area contributed by atoms with Crippen molar-refractivity contribution in [3.8, 4) is 0 Å². The van der Waals surface area contributed by atoms with Gasteiger partial charge in [-0.1, -0.05) is 35.9 Å². The summed E-state index contributed by atoms with van der Waals surface area (Å²) in [6, 6.07) is 19.1. The maximum absolute atomic E-state index is 13.3. The standard InChI is InChI=1S/C24H27ClN4O4S2/c1-19-8-11-22(12-9-19)35(32,33)29(25)24-13-10-20(28-16-5-14-26-15-17-28)18-23(24)27-34(30,31)21-6-3-2-4-7-21/h2-4,6-13,18,26-27H,5,14-17H2,1H3. The molecule has 1 aliphatic heterocycles. The third-order valence-electron chi connectivity index (χ3n) is 5.70. The molecule has 0 aromatic heterocycles. The number of rotatable bonds is 7. The normalized spacial score (nSPS) is 14.9. The van der Waals surface area contributed by atoms with Gasteiger partial charge in [-0.25, -0.2) is 8.42 Å². The molecule has 1 aliphatic rings. The van der Waals surface area contributed by atoms with Gasteiger partial charge in [-0.05, 0) is 62.4 Å². The predicted octanol–water partition coefficient (Wildman–Crippen LogP) is 3.94. The number of sulfonamides is 2. The first-order valence-corrected chi connectivity index (χ1v) is 14.4. The summed E-state index contributed by atoms with van der Waals surface area (Å²) in [6.07, 6.45) is 0.927. The molecule has 3 aromatic rings. The van der Waals surface area contributed by atoms with E-state index >= 15 is 0 Å². The number of hydrogen-bond donors (Lipinski definition) is 2. The Balaban J connectivity index is 1.77.